The highest BCUT2D eigenvalue weighted by Crippen LogP contribution is 2.09. The van der Waals surface area contributed by atoms with Gasteiger partial charge in [-0.15, -0.1) is 0 Å². The molecular formula is C11H17N3O. The van der Waals surface area contributed by atoms with Gasteiger partial charge in [-0.3, -0.25) is 9.78 Å². The van der Waals surface area contributed by atoms with Gasteiger partial charge in [0.2, 0.25) is 5.91 Å². The minimum atomic E-state index is -0.177. The first-order valence-electron chi connectivity index (χ1n) is 5.02. The standard InChI is InChI=1S/C11H17N3O/c1-8(10-5-4-6-13-7-10)14-11(15)9(2)12-3/h4-9,12H,1-3H3,(H,14,15)/t8-,9?/m0/s1. The number of hydrogen-bond donors (Lipinski definition) is 2. The molecule has 15 heavy (non-hydrogen) atoms. The number of nitrogens with one attached hydrogen (secondary N) is 2. The van der Waals surface area contributed by atoms with Gasteiger partial charge in [0.1, 0.15) is 0 Å². The third-order valence-electron chi connectivity index (χ3n) is 2.37. The monoisotopic (exact) mass is 207 g/mol. The van der Waals surface area contributed by atoms with Crippen LogP contribution in [0, 0.1) is 0 Å². The number of likely N-dealkylation sites (N-methyl/N-ethyl adjacent to an activating group) is 1. The van der Waals surface area contributed by atoms with Crippen LogP contribution >= 0.6 is 0 Å². The third kappa shape index (κ3) is 3.32. The molecule has 1 heterocycles. The highest BCUT2D eigenvalue weighted by molar-refractivity contribution is 5.81. The SMILES string of the molecule is CNC(C)C(=O)N[C@@H](C)c1cccnc1. The minimum absolute atomic E-state index is 0.00569. The molecule has 2 atom stereocenters. The van der Waals surface area contributed by atoms with Gasteiger partial charge in [0.25, 0.3) is 0 Å². The van der Waals surface area contributed by atoms with E-state index >= 15 is 0 Å². The van der Waals surface area contributed by atoms with E-state index in [0.29, 0.717) is 0 Å². The summed E-state index contributed by atoms with van der Waals surface area (Å²) in [6.07, 6.45) is 3.48. The first kappa shape index (κ1) is 11.7. The summed E-state index contributed by atoms with van der Waals surface area (Å²) < 4.78 is 0. The number of hydrogen-bond acceptors (Lipinski definition) is 3. The summed E-state index contributed by atoms with van der Waals surface area (Å²) in [6.45, 7) is 3.77. The Labute approximate surface area is 90.1 Å². The lowest BCUT2D eigenvalue weighted by molar-refractivity contribution is -0.123. The van der Waals surface area contributed by atoms with Gasteiger partial charge in [-0.1, -0.05) is 6.07 Å². The van der Waals surface area contributed by atoms with Crippen LogP contribution in [-0.2, 0) is 4.79 Å². The van der Waals surface area contributed by atoms with Gasteiger partial charge in [-0.25, -0.2) is 0 Å². The Bertz CT molecular complexity index is 313. The molecule has 0 radical (unpaired) electrons. The molecule has 0 aliphatic carbocycles. The number of pyridine rings is 1. The van der Waals surface area contributed by atoms with Gasteiger partial charge >= 0.3 is 0 Å². The maximum Gasteiger partial charge on any atom is 0.237 e. The number of amides is 1. The molecule has 82 valence electrons. The maximum atomic E-state index is 11.6. The van der Waals surface area contributed by atoms with E-state index in [4.69, 9.17) is 0 Å². The summed E-state index contributed by atoms with van der Waals surface area (Å²) in [7, 11) is 1.76. The molecule has 0 saturated carbocycles. The highest BCUT2D eigenvalue weighted by Gasteiger charge is 2.13. The van der Waals surface area contributed by atoms with Crippen LogP contribution in [-0.4, -0.2) is 24.0 Å². The third-order valence-corrected chi connectivity index (χ3v) is 2.37. The van der Waals surface area contributed by atoms with Crippen LogP contribution in [0.2, 0.25) is 0 Å². The molecule has 2 N–H and O–H groups in total. The second-order valence-corrected chi connectivity index (χ2v) is 3.53. The number of nitrogens with zero attached hydrogens (tertiary/aromatic N) is 1. The van der Waals surface area contributed by atoms with Crippen molar-refractivity contribution in [1.29, 1.82) is 0 Å². The Morgan fingerprint density at radius 1 is 1.47 bits per heavy atom. The van der Waals surface area contributed by atoms with Crippen molar-refractivity contribution in [2.24, 2.45) is 0 Å². The fourth-order valence-corrected chi connectivity index (χ4v) is 1.18. The van der Waals surface area contributed by atoms with Crippen molar-refractivity contribution in [2.45, 2.75) is 25.9 Å². The predicted molar refractivity (Wildman–Crippen MR) is 59.3 cm³/mol. The van der Waals surface area contributed by atoms with Crippen molar-refractivity contribution in [3.05, 3.63) is 30.1 Å². The molecule has 0 aliphatic heterocycles. The van der Waals surface area contributed by atoms with Crippen LogP contribution < -0.4 is 10.6 Å². The molecule has 1 aromatic rings. The van der Waals surface area contributed by atoms with E-state index in [9.17, 15) is 4.79 Å². The Hall–Kier alpha value is -1.42. The quantitative estimate of drug-likeness (QED) is 0.770. The molecule has 1 unspecified atom stereocenters. The van der Waals surface area contributed by atoms with Gasteiger partial charge in [0.05, 0.1) is 12.1 Å². The van der Waals surface area contributed by atoms with Crippen LogP contribution in [0.25, 0.3) is 0 Å². The van der Waals surface area contributed by atoms with Crippen molar-refractivity contribution in [3.8, 4) is 0 Å². The minimum Gasteiger partial charge on any atom is -0.348 e. The molecule has 0 spiro atoms. The van der Waals surface area contributed by atoms with Crippen molar-refractivity contribution < 1.29 is 4.79 Å². The number of carbonyl (C=O) groups is 1. The lowest BCUT2D eigenvalue weighted by atomic mass is 10.1. The van der Waals surface area contributed by atoms with Gasteiger partial charge in [0, 0.05) is 12.4 Å². The highest BCUT2D eigenvalue weighted by atomic mass is 16.2. The largest absolute Gasteiger partial charge is 0.348 e. The first-order valence-corrected chi connectivity index (χ1v) is 5.02. The Morgan fingerprint density at radius 3 is 2.73 bits per heavy atom. The summed E-state index contributed by atoms with van der Waals surface area (Å²) in [4.78, 5) is 15.6. The van der Waals surface area contributed by atoms with E-state index in [1.54, 1.807) is 19.4 Å². The number of aromatic nitrogens is 1. The van der Waals surface area contributed by atoms with E-state index in [0.717, 1.165) is 5.56 Å². The fourth-order valence-electron chi connectivity index (χ4n) is 1.18. The van der Waals surface area contributed by atoms with Crippen molar-refractivity contribution in [3.63, 3.8) is 0 Å². The molecule has 0 aliphatic rings. The fraction of sp³-hybridized carbons (Fsp3) is 0.455. The lowest BCUT2D eigenvalue weighted by Gasteiger charge is -2.17. The summed E-state index contributed by atoms with van der Waals surface area (Å²) >= 11 is 0. The zero-order valence-corrected chi connectivity index (χ0v) is 9.32. The molecule has 0 bridgehead atoms. The second-order valence-electron chi connectivity index (χ2n) is 3.53. The molecule has 0 fully saturated rings. The number of rotatable bonds is 4. The van der Waals surface area contributed by atoms with E-state index in [1.165, 1.54) is 0 Å². The van der Waals surface area contributed by atoms with Crippen molar-refractivity contribution >= 4 is 5.91 Å². The molecule has 4 nitrogen and oxygen atoms in total. The van der Waals surface area contributed by atoms with Gasteiger partial charge < -0.3 is 10.6 Å². The second kappa shape index (κ2) is 5.46. The van der Waals surface area contributed by atoms with Gasteiger partial charge in [-0.05, 0) is 32.5 Å². The zero-order chi connectivity index (χ0) is 11.3. The van der Waals surface area contributed by atoms with Crippen LogP contribution in [0.5, 0.6) is 0 Å². The Morgan fingerprint density at radius 2 is 2.20 bits per heavy atom. The average molecular weight is 207 g/mol. The predicted octanol–water partition coefficient (Wildman–Crippen LogP) is 0.867. The summed E-state index contributed by atoms with van der Waals surface area (Å²) in [5.41, 5.74) is 1.01. The molecule has 4 heteroatoms. The van der Waals surface area contributed by atoms with E-state index in [-0.39, 0.29) is 18.0 Å². The van der Waals surface area contributed by atoms with Gasteiger partial charge in [-0.2, -0.15) is 0 Å². The lowest BCUT2D eigenvalue weighted by Crippen LogP contribution is -2.41. The molecule has 0 aromatic carbocycles. The summed E-state index contributed by atoms with van der Waals surface area (Å²) in [5.74, 6) is -0.00569. The van der Waals surface area contributed by atoms with Crippen LogP contribution in [0.3, 0.4) is 0 Å². The van der Waals surface area contributed by atoms with Crippen LogP contribution in [0.1, 0.15) is 25.5 Å². The molecule has 0 saturated heterocycles. The first-order chi connectivity index (χ1) is 7.15. The topological polar surface area (TPSA) is 54.0 Å². The molecule has 1 rings (SSSR count). The van der Waals surface area contributed by atoms with Crippen LogP contribution in [0.4, 0.5) is 0 Å². The van der Waals surface area contributed by atoms with E-state index < -0.39 is 0 Å². The molecule has 1 aromatic heterocycles. The zero-order valence-electron chi connectivity index (χ0n) is 9.32. The van der Waals surface area contributed by atoms with Crippen molar-refractivity contribution in [1.82, 2.24) is 15.6 Å². The summed E-state index contributed by atoms with van der Waals surface area (Å²) in [6, 6.07) is 3.62. The van der Waals surface area contributed by atoms with Crippen LogP contribution in [0.15, 0.2) is 24.5 Å². The maximum absolute atomic E-state index is 11.6. The Kier molecular flexibility index (Phi) is 4.24. The summed E-state index contributed by atoms with van der Waals surface area (Å²) in [5, 5.41) is 5.80. The molecular weight excluding hydrogens is 190 g/mol. The smallest absolute Gasteiger partial charge is 0.237 e. The number of carbonyl (C=O) groups excluding carboxylic acids is 1. The van der Waals surface area contributed by atoms with Crippen molar-refractivity contribution in [2.75, 3.05) is 7.05 Å². The molecule has 1 amide bonds. The Balaban J connectivity index is 2.56. The van der Waals surface area contributed by atoms with E-state index in [2.05, 4.69) is 15.6 Å². The van der Waals surface area contributed by atoms with Gasteiger partial charge in [0.15, 0.2) is 0 Å². The average Bonchev–Trinajstić information content (AvgIpc) is 2.29. The normalized spacial score (nSPS) is 14.3. The van der Waals surface area contributed by atoms with E-state index in [1.807, 2.05) is 26.0 Å².